The molecule has 0 saturated heterocycles. The molecule has 0 bridgehead atoms. The number of nitrogens with two attached hydrogens (primary N) is 1. The molecule has 0 atom stereocenters. The van der Waals surface area contributed by atoms with Crippen molar-refractivity contribution in [2.24, 2.45) is 10.7 Å². The van der Waals surface area contributed by atoms with Crippen molar-refractivity contribution in [1.29, 1.82) is 0 Å². The first-order valence-electron chi connectivity index (χ1n) is 2.52. The van der Waals surface area contributed by atoms with Gasteiger partial charge in [0, 0.05) is 7.05 Å². The highest BCUT2D eigenvalue weighted by Gasteiger charge is 2.23. The van der Waals surface area contributed by atoms with Gasteiger partial charge in [0.15, 0.2) is 0 Å². The molecule has 6 heteroatoms. The molecule has 0 saturated carbocycles. The van der Waals surface area contributed by atoms with Gasteiger partial charge in [-0.25, -0.2) is 8.42 Å². The molecule has 1 heterocycles. The minimum absolute atomic E-state index is 0.0926. The maximum Gasteiger partial charge on any atom is 0.236 e. The van der Waals surface area contributed by atoms with Gasteiger partial charge in [0.2, 0.25) is 15.0 Å². The van der Waals surface area contributed by atoms with Crippen molar-refractivity contribution in [3.8, 4) is 0 Å². The molecule has 1 rings (SSSR count). The first kappa shape index (κ1) is 7.07. The minimum Gasteiger partial charge on any atom is -0.385 e. The average Bonchev–Trinajstić information content (AvgIpc) is 2.04. The van der Waals surface area contributed by atoms with Crippen LogP contribution in [0.3, 0.4) is 0 Å². The number of hydrogen-bond acceptors (Lipinski definition) is 4. The molecule has 0 fully saturated rings. The monoisotopic (exact) mass is 161 g/mol. The molecule has 0 amide bonds. The van der Waals surface area contributed by atoms with Crippen molar-refractivity contribution in [2.75, 3.05) is 7.05 Å². The van der Waals surface area contributed by atoms with Crippen LogP contribution in [0.4, 0.5) is 0 Å². The van der Waals surface area contributed by atoms with Crippen LogP contribution >= 0.6 is 0 Å². The van der Waals surface area contributed by atoms with Crippen LogP contribution < -0.4 is 11.1 Å². The standard InChI is InChI=1S/C4H7N3O2S/c1-6-4-7-3(5)2-10(4,8)9/h2H,5H2,1H3,(H,6,7). The van der Waals surface area contributed by atoms with Crippen LogP contribution in [0.25, 0.3) is 0 Å². The fraction of sp³-hybridized carbons (Fsp3) is 0.250. The summed E-state index contributed by atoms with van der Waals surface area (Å²) in [6.07, 6.45) is 0. The molecule has 0 aromatic carbocycles. The van der Waals surface area contributed by atoms with Gasteiger partial charge in [-0.15, -0.1) is 0 Å². The van der Waals surface area contributed by atoms with E-state index in [1.807, 2.05) is 0 Å². The van der Waals surface area contributed by atoms with Crippen molar-refractivity contribution in [2.45, 2.75) is 0 Å². The number of nitrogens with zero attached hydrogens (tertiary/aromatic N) is 1. The van der Waals surface area contributed by atoms with Crippen LogP contribution in [-0.4, -0.2) is 20.6 Å². The molecule has 3 N–H and O–H groups in total. The van der Waals surface area contributed by atoms with Gasteiger partial charge in [0.25, 0.3) is 0 Å². The normalized spacial score (nSPS) is 26.1. The van der Waals surface area contributed by atoms with E-state index >= 15 is 0 Å². The molecular weight excluding hydrogens is 154 g/mol. The first-order valence-corrected chi connectivity index (χ1v) is 4.07. The maximum absolute atomic E-state index is 10.9. The molecule has 0 spiro atoms. The molecule has 0 aromatic heterocycles. The Morgan fingerprint density at radius 3 is 2.50 bits per heavy atom. The Labute approximate surface area is 58.5 Å². The second-order valence-corrected chi connectivity index (χ2v) is 3.48. The molecule has 1 aliphatic heterocycles. The van der Waals surface area contributed by atoms with Crippen LogP contribution in [0.1, 0.15) is 0 Å². The van der Waals surface area contributed by atoms with Gasteiger partial charge in [-0.2, -0.15) is 0 Å². The SMILES string of the molecule is CN=C1NC(N)=CS1(=O)=O. The van der Waals surface area contributed by atoms with E-state index < -0.39 is 9.84 Å². The number of sulfone groups is 1. The van der Waals surface area contributed by atoms with Crippen LogP contribution in [0.5, 0.6) is 0 Å². The van der Waals surface area contributed by atoms with Gasteiger partial charge in [-0.1, -0.05) is 0 Å². The number of aliphatic imine (C=N–C) groups is 1. The van der Waals surface area contributed by atoms with E-state index in [4.69, 9.17) is 5.73 Å². The van der Waals surface area contributed by atoms with Crippen molar-refractivity contribution >= 4 is 15.0 Å². The molecule has 10 heavy (non-hydrogen) atoms. The lowest BCUT2D eigenvalue weighted by Crippen LogP contribution is -2.24. The summed E-state index contributed by atoms with van der Waals surface area (Å²) in [5.74, 6) is 0.112. The molecule has 0 aliphatic carbocycles. The van der Waals surface area contributed by atoms with Crippen LogP contribution in [-0.2, 0) is 9.84 Å². The highest BCUT2D eigenvalue weighted by Crippen LogP contribution is 2.03. The summed E-state index contributed by atoms with van der Waals surface area (Å²) >= 11 is 0. The maximum atomic E-state index is 10.9. The van der Waals surface area contributed by atoms with E-state index in [1.165, 1.54) is 7.05 Å². The Morgan fingerprint density at radius 1 is 1.70 bits per heavy atom. The largest absolute Gasteiger partial charge is 0.385 e. The van der Waals surface area contributed by atoms with Crippen LogP contribution in [0.2, 0.25) is 0 Å². The molecule has 0 radical (unpaired) electrons. The summed E-state index contributed by atoms with van der Waals surface area (Å²) in [7, 11) is -1.95. The third kappa shape index (κ3) is 0.971. The van der Waals surface area contributed by atoms with Crippen molar-refractivity contribution < 1.29 is 8.42 Å². The fourth-order valence-electron chi connectivity index (χ4n) is 0.630. The van der Waals surface area contributed by atoms with Crippen molar-refractivity contribution in [3.05, 3.63) is 11.2 Å². The highest BCUT2D eigenvalue weighted by atomic mass is 32.2. The van der Waals surface area contributed by atoms with Gasteiger partial charge in [-0.05, 0) is 0 Å². The lowest BCUT2D eigenvalue weighted by atomic mass is 10.8. The van der Waals surface area contributed by atoms with Crippen molar-refractivity contribution in [1.82, 2.24) is 5.32 Å². The molecule has 0 unspecified atom stereocenters. The molecule has 56 valence electrons. The molecule has 1 aliphatic rings. The van der Waals surface area contributed by atoms with Crippen LogP contribution in [0, 0.1) is 0 Å². The number of rotatable bonds is 0. The van der Waals surface area contributed by atoms with E-state index in [0.717, 1.165) is 5.41 Å². The van der Waals surface area contributed by atoms with E-state index in [0.29, 0.717) is 0 Å². The zero-order valence-electron chi connectivity index (χ0n) is 5.33. The number of nitrogens with one attached hydrogen (secondary N) is 1. The third-order valence-electron chi connectivity index (χ3n) is 1.01. The molecular formula is C4H7N3O2S. The van der Waals surface area contributed by atoms with E-state index in [9.17, 15) is 8.42 Å². The Kier molecular flexibility index (Phi) is 1.40. The second kappa shape index (κ2) is 1.98. The zero-order chi connectivity index (χ0) is 7.78. The number of hydrogen-bond donors (Lipinski definition) is 2. The van der Waals surface area contributed by atoms with Gasteiger partial charge in [0.05, 0.1) is 5.41 Å². The Morgan fingerprint density at radius 2 is 2.30 bits per heavy atom. The van der Waals surface area contributed by atoms with Gasteiger partial charge >= 0.3 is 0 Å². The first-order chi connectivity index (χ1) is 4.56. The topological polar surface area (TPSA) is 84.5 Å². The highest BCUT2D eigenvalue weighted by molar-refractivity contribution is 8.09. The summed E-state index contributed by atoms with van der Waals surface area (Å²) in [6, 6.07) is 0. The number of amidine groups is 1. The lowest BCUT2D eigenvalue weighted by Gasteiger charge is -1.94. The lowest BCUT2D eigenvalue weighted by molar-refractivity contribution is 0.615. The van der Waals surface area contributed by atoms with Gasteiger partial charge in [-0.3, -0.25) is 4.99 Å². The smallest absolute Gasteiger partial charge is 0.236 e. The van der Waals surface area contributed by atoms with E-state index in [1.54, 1.807) is 0 Å². The Bertz CT molecular complexity index is 300. The van der Waals surface area contributed by atoms with Crippen LogP contribution in [0.15, 0.2) is 16.2 Å². The predicted molar refractivity (Wildman–Crippen MR) is 37.7 cm³/mol. The Balaban J connectivity index is 3.17. The zero-order valence-corrected chi connectivity index (χ0v) is 6.14. The summed E-state index contributed by atoms with van der Waals surface area (Å²) in [6.45, 7) is 0. The summed E-state index contributed by atoms with van der Waals surface area (Å²) in [5, 5.41) is 3.24. The quantitative estimate of drug-likeness (QED) is 0.465. The fourth-order valence-corrected chi connectivity index (χ4v) is 1.65. The molecule has 5 nitrogen and oxygen atoms in total. The third-order valence-corrected chi connectivity index (χ3v) is 2.39. The van der Waals surface area contributed by atoms with E-state index in [-0.39, 0.29) is 11.0 Å². The summed E-state index contributed by atoms with van der Waals surface area (Å²) in [5.41, 5.74) is 5.17. The summed E-state index contributed by atoms with van der Waals surface area (Å²) in [4.78, 5) is 3.48. The molecule has 0 aromatic rings. The summed E-state index contributed by atoms with van der Waals surface area (Å²) < 4.78 is 21.7. The van der Waals surface area contributed by atoms with E-state index in [2.05, 4.69) is 10.3 Å². The minimum atomic E-state index is -3.33. The predicted octanol–water partition coefficient (Wildman–Crippen LogP) is -1.25. The second-order valence-electron chi connectivity index (χ2n) is 1.77. The van der Waals surface area contributed by atoms with Crippen molar-refractivity contribution in [3.63, 3.8) is 0 Å². The van der Waals surface area contributed by atoms with Gasteiger partial charge < -0.3 is 11.1 Å². The Hall–Kier alpha value is -1.04. The van der Waals surface area contributed by atoms with Gasteiger partial charge in [0.1, 0.15) is 5.82 Å². The average molecular weight is 161 g/mol.